The van der Waals surface area contributed by atoms with E-state index in [4.69, 9.17) is 5.73 Å². The molecule has 1 aliphatic rings. The van der Waals surface area contributed by atoms with E-state index < -0.39 is 0 Å². The van der Waals surface area contributed by atoms with Gasteiger partial charge in [0.1, 0.15) is 11.6 Å². The number of nitrogen functional groups attached to an aromatic ring is 1. The van der Waals surface area contributed by atoms with Crippen molar-refractivity contribution < 1.29 is 8.78 Å². The highest BCUT2D eigenvalue weighted by Crippen LogP contribution is 2.30. The maximum absolute atomic E-state index is 13.5. The predicted octanol–water partition coefficient (Wildman–Crippen LogP) is 4.34. The molecule has 1 aliphatic heterocycles. The fourth-order valence-corrected chi connectivity index (χ4v) is 4.70. The van der Waals surface area contributed by atoms with Crippen molar-refractivity contribution in [2.45, 2.75) is 12.6 Å². The number of hydrogen-bond donors (Lipinski definition) is 1. The van der Waals surface area contributed by atoms with Crippen LogP contribution in [0.3, 0.4) is 0 Å². The van der Waals surface area contributed by atoms with Crippen LogP contribution in [-0.4, -0.2) is 45.5 Å². The van der Waals surface area contributed by atoms with Gasteiger partial charge in [0.05, 0.1) is 17.1 Å². The number of hydrogen-bond acceptors (Lipinski definition) is 4. The van der Waals surface area contributed by atoms with Gasteiger partial charge in [0.25, 0.3) is 0 Å². The highest BCUT2D eigenvalue weighted by atomic mass is 19.1. The first-order valence-corrected chi connectivity index (χ1v) is 11.2. The van der Waals surface area contributed by atoms with Crippen LogP contribution in [0.5, 0.6) is 0 Å². The van der Waals surface area contributed by atoms with Crippen LogP contribution in [0.4, 0.5) is 14.7 Å². The number of nitrogens with zero attached hydrogens (tertiary/aromatic N) is 4. The van der Waals surface area contributed by atoms with E-state index in [1.165, 1.54) is 29.8 Å². The third-order valence-corrected chi connectivity index (χ3v) is 6.53. The maximum atomic E-state index is 13.5. The molecule has 1 fully saturated rings. The summed E-state index contributed by atoms with van der Waals surface area (Å²) in [7, 11) is 1.92. The summed E-state index contributed by atoms with van der Waals surface area (Å²) < 4.78 is 29.0. The molecule has 170 valence electrons. The molecular formula is C26H27F2N5. The van der Waals surface area contributed by atoms with E-state index in [0.29, 0.717) is 5.95 Å². The minimum Gasteiger partial charge on any atom is -0.369 e. The number of benzene rings is 3. The summed E-state index contributed by atoms with van der Waals surface area (Å²) in [5.74, 6) is 0.00417. The number of aryl methyl sites for hydroxylation is 1. The second kappa shape index (κ2) is 8.92. The van der Waals surface area contributed by atoms with Gasteiger partial charge in [-0.15, -0.1) is 0 Å². The smallest absolute Gasteiger partial charge is 0.200 e. The summed E-state index contributed by atoms with van der Waals surface area (Å²) in [4.78, 5) is 9.26. The zero-order chi connectivity index (χ0) is 22.9. The number of piperazine rings is 1. The molecule has 5 rings (SSSR count). The van der Waals surface area contributed by atoms with Gasteiger partial charge in [0.15, 0.2) is 0 Å². The second-order valence-corrected chi connectivity index (χ2v) is 8.67. The Balaban J connectivity index is 1.31. The van der Waals surface area contributed by atoms with Crippen molar-refractivity contribution in [3.8, 4) is 0 Å². The quantitative estimate of drug-likeness (QED) is 0.495. The molecule has 0 saturated carbocycles. The summed E-state index contributed by atoms with van der Waals surface area (Å²) in [6, 6.07) is 19.5. The number of aromatic nitrogens is 2. The first-order chi connectivity index (χ1) is 16.0. The summed E-state index contributed by atoms with van der Waals surface area (Å²) >= 11 is 0. The van der Waals surface area contributed by atoms with Crippen LogP contribution >= 0.6 is 0 Å². The normalized spacial score (nSPS) is 15.5. The predicted molar refractivity (Wildman–Crippen MR) is 127 cm³/mol. The Hall–Kier alpha value is -3.29. The molecule has 4 aromatic rings. The van der Waals surface area contributed by atoms with Crippen LogP contribution in [0.25, 0.3) is 11.0 Å². The zero-order valence-electron chi connectivity index (χ0n) is 18.6. The monoisotopic (exact) mass is 447 g/mol. The highest BCUT2D eigenvalue weighted by Gasteiger charge is 2.26. The van der Waals surface area contributed by atoms with Crippen LogP contribution in [0.1, 0.15) is 22.7 Å². The van der Waals surface area contributed by atoms with E-state index >= 15 is 0 Å². The molecule has 0 radical (unpaired) electrons. The van der Waals surface area contributed by atoms with E-state index in [1.807, 2.05) is 35.9 Å². The number of halogens is 2. The number of rotatable bonds is 5. The SMILES string of the molecule is Cn1c(N)nc2cc(CN3CCN(C(c4ccc(F)cc4)c4ccc(F)cc4)CC3)ccc21. The lowest BCUT2D eigenvalue weighted by Gasteiger charge is -2.40. The standard InChI is InChI=1S/C26H27F2N5/c1-31-24-11-2-18(16-23(24)30-26(31)29)17-32-12-14-33(15-13-32)25(19-3-7-21(27)8-4-19)20-5-9-22(28)10-6-20/h2-11,16,25H,12-15,17H2,1H3,(H2,29,30). The van der Waals surface area contributed by atoms with Crippen molar-refractivity contribution in [1.29, 1.82) is 0 Å². The lowest BCUT2D eigenvalue weighted by atomic mass is 9.96. The molecule has 0 bridgehead atoms. The van der Waals surface area contributed by atoms with E-state index in [0.717, 1.165) is 54.9 Å². The summed E-state index contributed by atoms with van der Waals surface area (Å²) in [6.45, 7) is 4.37. The molecule has 3 aromatic carbocycles. The fourth-order valence-electron chi connectivity index (χ4n) is 4.70. The summed E-state index contributed by atoms with van der Waals surface area (Å²) in [5.41, 5.74) is 11.1. The molecule has 7 heteroatoms. The molecule has 0 aliphatic carbocycles. The van der Waals surface area contributed by atoms with Crippen LogP contribution < -0.4 is 5.73 Å². The van der Waals surface area contributed by atoms with Gasteiger partial charge >= 0.3 is 0 Å². The number of anilines is 1. The van der Waals surface area contributed by atoms with E-state index in [-0.39, 0.29) is 17.7 Å². The highest BCUT2D eigenvalue weighted by molar-refractivity contribution is 5.78. The summed E-state index contributed by atoms with van der Waals surface area (Å²) in [6.07, 6.45) is 0. The van der Waals surface area contributed by atoms with Gasteiger partial charge in [-0.05, 0) is 53.1 Å². The first kappa shape index (κ1) is 21.6. The number of imidazole rings is 1. The number of nitrogens with two attached hydrogens (primary N) is 1. The molecule has 1 aromatic heterocycles. The van der Waals surface area contributed by atoms with Crippen LogP contribution in [0.15, 0.2) is 66.7 Å². The molecule has 0 spiro atoms. The lowest BCUT2D eigenvalue weighted by Crippen LogP contribution is -2.47. The Morgan fingerprint density at radius 3 is 2.00 bits per heavy atom. The Labute approximate surface area is 192 Å². The molecule has 2 N–H and O–H groups in total. The Morgan fingerprint density at radius 2 is 1.42 bits per heavy atom. The van der Waals surface area contributed by atoms with Gasteiger partial charge in [-0.1, -0.05) is 30.3 Å². The Bertz CT molecular complexity index is 1200. The fraction of sp³-hybridized carbons (Fsp3) is 0.269. The van der Waals surface area contributed by atoms with E-state index in [1.54, 1.807) is 0 Å². The average Bonchev–Trinajstić information content (AvgIpc) is 3.10. The average molecular weight is 448 g/mol. The van der Waals surface area contributed by atoms with E-state index in [2.05, 4.69) is 33.0 Å². The number of fused-ring (bicyclic) bond motifs is 1. The molecule has 2 heterocycles. The van der Waals surface area contributed by atoms with Crippen molar-refractivity contribution in [1.82, 2.24) is 19.4 Å². The largest absolute Gasteiger partial charge is 0.369 e. The van der Waals surface area contributed by atoms with E-state index in [9.17, 15) is 8.78 Å². The van der Waals surface area contributed by atoms with Crippen molar-refractivity contribution >= 4 is 17.0 Å². The van der Waals surface area contributed by atoms with Gasteiger partial charge in [-0.2, -0.15) is 0 Å². The minimum absolute atomic E-state index is 0.0406. The van der Waals surface area contributed by atoms with Crippen LogP contribution in [0.2, 0.25) is 0 Å². The Kier molecular flexibility index (Phi) is 5.83. The van der Waals surface area contributed by atoms with Crippen molar-refractivity contribution in [3.05, 3.63) is 95.1 Å². The molecule has 0 atom stereocenters. The van der Waals surface area contributed by atoms with Gasteiger partial charge in [0.2, 0.25) is 5.95 Å². The molecule has 5 nitrogen and oxygen atoms in total. The molecular weight excluding hydrogens is 420 g/mol. The van der Waals surface area contributed by atoms with Crippen LogP contribution in [-0.2, 0) is 13.6 Å². The van der Waals surface area contributed by atoms with Crippen molar-refractivity contribution in [2.24, 2.45) is 7.05 Å². The van der Waals surface area contributed by atoms with Gasteiger partial charge in [0, 0.05) is 39.8 Å². The molecule has 0 unspecified atom stereocenters. The Morgan fingerprint density at radius 1 is 0.848 bits per heavy atom. The van der Waals surface area contributed by atoms with Crippen LogP contribution in [0, 0.1) is 11.6 Å². The van der Waals surface area contributed by atoms with Gasteiger partial charge < -0.3 is 10.3 Å². The third kappa shape index (κ3) is 4.47. The second-order valence-electron chi connectivity index (χ2n) is 8.67. The van der Waals surface area contributed by atoms with Crippen molar-refractivity contribution in [2.75, 3.05) is 31.9 Å². The third-order valence-electron chi connectivity index (χ3n) is 6.53. The maximum Gasteiger partial charge on any atom is 0.200 e. The first-order valence-electron chi connectivity index (χ1n) is 11.2. The van der Waals surface area contributed by atoms with Gasteiger partial charge in [-0.25, -0.2) is 13.8 Å². The zero-order valence-corrected chi connectivity index (χ0v) is 18.6. The van der Waals surface area contributed by atoms with Gasteiger partial charge in [-0.3, -0.25) is 9.80 Å². The lowest BCUT2D eigenvalue weighted by molar-refractivity contribution is 0.105. The summed E-state index contributed by atoms with van der Waals surface area (Å²) in [5, 5.41) is 0. The molecule has 33 heavy (non-hydrogen) atoms. The molecule has 0 amide bonds. The minimum atomic E-state index is -0.256. The molecule has 1 saturated heterocycles. The topological polar surface area (TPSA) is 50.3 Å². The van der Waals surface area contributed by atoms with Crippen molar-refractivity contribution in [3.63, 3.8) is 0 Å².